The summed E-state index contributed by atoms with van der Waals surface area (Å²) in [5.41, 5.74) is 3.09. The normalized spacial score (nSPS) is 10.6. The van der Waals surface area contributed by atoms with Crippen LogP contribution in [0.3, 0.4) is 0 Å². The zero-order valence-electron chi connectivity index (χ0n) is 12.3. The highest BCUT2D eigenvalue weighted by atomic mass is 16.5. The highest BCUT2D eigenvalue weighted by Gasteiger charge is 2.10. The minimum absolute atomic E-state index is 0.550. The number of hydrogen-bond donors (Lipinski definition) is 1. The number of hydrogen-bond acceptors (Lipinski definition) is 4. The van der Waals surface area contributed by atoms with Crippen molar-refractivity contribution in [1.29, 1.82) is 0 Å². The number of fused-ring (bicyclic) bond motifs is 1. The van der Waals surface area contributed by atoms with Gasteiger partial charge in [-0.25, -0.2) is 4.98 Å². The number of aromatic nitrogens is 2. The van der Waals surface area contributed by atoms with E-state index in [2.05, 4.69) is 21.4 Å². The Balaban J connectivity index is 2.13. The fourth-order valence-electron chi connectivity index (χ4n) is 2.16. The van der Waals surface area contributed by atoms with Crippen molar-refractivity contribution in [2.45, 2.75) is 13.8 Å². The molecule has 3 rings (SSSR count). The van der Waals surface area contributed by atoms with Crippen LogP contribution in [0.5, 0.6) is 11.6 Å². The van der Waals surface area contributed by atoms with Gasteiger partial charge in [-0.2, -0.15) is 4.98 Å². The Morgan fingerprint density at radius 2 is 1.81 bits per heavy atom. The van der Waals surface area contributed by atoms with Gasteiger partial charge in [0.1, 0.15) is 5.75 Å². The van der Waals surface area contributed by atoms with E-state index in [9.17, 15) is 0 Å². The second-order valence-electron chi connectivity index (χ2n) is 4.99. The Morgan fingerprint density at radius 3 is 2.62 bits per heavy atom. The molecule has 106 valence electrons. The van der Waals surface area contributed by atoms with Crippen LogP contribution in [0.2, 0.25) is 0 Å². The summed E-state index contributed by atoms with van der Waals surface area (Å²) in [5, 5.41) is 3.87. The maximum absolute atomic E-state index is 6.05. The van der Waals surface area contributed by atoms with Crippen molar-refractivity contribution in [3.05, 3.63) is 53.6 Å². The van der Waals surface area contributed by atoms with E-state index in [4.69, 9.17) is 4.74 Å². The Kier molecular flexibility index (Phi) is 3.44. The number of rotatable bonds is 3. The third-order valence-electron chi connectivity index (χ3n) is 3.34. The number of nitrogens with one attached hydrogen (secondary N) is 1. The largest absolute Gasteiger partial charge is 0.438 e. The maximum atomic E-state index is 6.05. The van der Waals surface area contributed by atoms with E-state index < -0.39 is 0 Å². The van der Waals surface area contributed by atoms with Crippen LogP contribution in [-0.2, 0) is 0 Å². The minimum atomic E-state index is 0.550. The van der Waals surface area contributed by atoms with Gasteiger partial charge < -0.3 is 10.1 Å². The third-order valence-corrected chi connectivity index (χ3v) is 3.34. The van der Waals surface area contributed by atoms with E-state index >= 15 is 0 Å². The summed E-state index contributed by atoms with van der Waals surface area (Å²) >= 11 is 0. The van der Waals surface area contributed by atoms with Gasteiger partial charge in [-0.1, -0.05) is 24.3 Å². The van der Waals surface area contributed by atoms with Crippen molar-refractivity contribution < 1.29 is 4.74 Å². The molecule has 1 aromatic heterocycles. The summed E-state index contributed by atoms with van der Waals surface area (Å²) in [6, 6.07) is 14.0. The molecule has 0 saturated heterocycles. The fraction of sp³-hybridized carbons (Fsp3) is 0.176. The Morgan fingerprint density at radius 1 is 1.00 bits per heavy atom. The molecule has 0 spiro atoms. The molecule has 0 aliphatic carbocycles. The molecule has 1 N–H and O–H groups in total. The zero-order chi connectivity index (χ0) is 14.8. The number of para-hydroxylation sites is 1. The van der Waals surface area contributed by atoms with E-state index in [0.717, 1.165) is 27.8 Å². The minimum Gasteiger partial charge on any atom is -0.438 e. The average Bonchev–Trinajstić information content (AvgIpc) is 2.50. The average molecular weight is 279 g/mol. The highest BCUT2D eigenvalue weighted by molar-refractivity contribution is 5.84. The quantitative estimate of drug-likeness (QED) is 0.784. The van der Waals surface area contributed by atoms with Gasteiger partial charge in [0.05, 0.1) is 10.9 Å². The molecule has 4 nitrogen and oxygen atoms in total. The van der Waals surface area contributed by atoms with Crippen molar-refractivity contribution in [1.82, 2.24) is 9.97 Å². The summed E-state index contributed by atoms with van der Waals surface area (Å²) in [5.74, 6) is 1.94. The molecule has 0 saturated carbocycles. The second-order valence-corrected chi connectivity index (χ2v) is 4.99. The van der Waals surface area contributed by atoms with Gasteiger partial charge in [0.15, 0.2) is 0 Å². The van der Waals surface area contributed by atoms with Crippen LogP contribution in [0.4, 0.5) is 5.95 Å². The number of aryl methyl sites for hydroxylation is 2. The molecule has 1 heterocycles. The van der Waals surface area contributed by atoms with E-state index in [1.54, 1.807) is 7.05 Å². The van der Waals surface area contributed by atoms with Crippen LogP contribution in [0, 0.1) is 13.8 Å². The molecule has 0 radical (unpaired) electrons. The van der Waals surface area contributed by atoms with Gasteiger partial charge in [0, 0.05) is 7.05 Å². The SMILES string of the molecule is CNc1nc(Oc2cc(C)ccc2C)c2ccccc2n1. The van der Waals surface area contributed by atoms with Crippen LogP contribution < -0.4 is 10.1 Å². The third kappa shape index (κ3) is 2.65. The summed E-state index contributed by atoms with van der Waals surface area (Å²) in [7, 11) is 1.80. The van der Waals surface area contributed by atoms with E-state index in [1.807, 2.05) is 50.2 Å². The summed E-state index contributed by atoms with van der Waals surface area (Å²) in [6.07, 6.45) is 0. The van der Waals surface area contributed by atoms with Crippen molar-refractivity contribution >= 4 is 16.9 Å². The molecule has 0 atom stereocenters. The molecule has 4 heteroatoms. The molecule has 0 aliphatic heterocycles. The molecule has 3 aromatic rings. The first-order valence-electron chi connectivity index (χ1n) is 6.87. The Bertz CT molecular complexity index is 799. The molecular weight excluding hydrogens is 262 g/mol. The van der Waals surface area contributed by atoms with Crippen LogP contribution in [0.25, 0.3) is 10.9 Å². The monoisotopic (exact) mass is 279 g/mol. The number of nitrogens with zero attached hydrogens (tertiary/aromatic N) is 2. The van der Waals surface area contributed by atoms with Gasteiger partial charge in [-0.3, -0.25) is 0 Å². The van der Waals surface area contributed by atoms with Crippen molar-refractivity contribution in [2.75, 3.05) is 12.4 Å². The predicted octanol–water partition coefficient (Wildman–Crippen LogP) is 4.08. The number of benzene rings is 2. The van der Waals surface area contributed by atoms with Crippen molar-refractivity contribution in [2.24, 2.45) is 0 Å². The number of ether oxygens (including phenoxy) is 1. The van der Waals surface area contributed by atoms with Crippen LogP contribution in [-0.4, -0.2) is 17.0 Å². The Labute approximate surface area is 123 Å². The zero-order valence-corrected chi connectivity index (χ0v) is 12.3. The van der Waals surface area contributed by atoms with Gasteiger partial charge in [-0.05, 0) is 43.2 Å². The first kappa shape index (κ1) is 13.4. The molecule has 21 heavy (non-hydrogen) atoms. The first-order valence-corrected chi connectivity index (χ1v) is 6.87. The van der Waals surface area contributed by atoms with Gasteiger partial charge in [0.2, 0.25) is 11.8 Å². The molecular formula is C17H17N3O. The molecule has 0 unspecified atom stereocenters. The lowest BCUT2D eigenvalue weighted by molar-refractivity contribution is 0.465. The molecule has 0 amide bonds. The highest BCUT2D eigenvalue weighted by Crippen LogP contribution is 2.30. The number of anilines is 1. The smallest absolute Gasteiger partial charge is 0.231 e. The molecule has 0 bridgehead atoms. The van der Waals surface area contributed by atoms with E-state index in [1.165, 1.54) is 0 Å². The molecule has 0 fully saturated rings. The van der Waals surface area contributed by atoms with E-state index in [0.29, 0.717) is 11.8 Å². The first-order chi connectivity index (χ1) is 10.2. The standard InChI is InChI=1S/C17H17N3O/c1-11-8-9-12(2)15(10-11)21-16-13-6-4-5-7-14(13)19-17(18-3)20-16/h4-10H,1-3H3,(H,18,19,20). The molecule has 2 aromatic carbocycles. The van der Waals surface area contributed by atoms with Gasteiger partial charge in [0.25, 0.3) is 0 Å². The van der Waals surface area contributed by atoms with E-state index in [-0.39, 0.29) is 0 Å². The fourth-order valence-corrected chi connectivity index (χ4v) is 2.16. The lowest BCUT2D eigenvalue weighted by Crippen LogP contribution is -2.00. The maximum Gasteiger partial charge on any atom is 0.231 e. The Hall–Kier alpha value is -2.62. The summed E-state index contributed by atoms with van der Waals surface area (Å²) in [4.78, 5) is 8.87. The molecule has 0 aliphatic rings. The lowest BCUT2D eigenvalue weighted by Gasteiger charge is -2.12. The lowest BCUT2D eigenvalue weighted by atomic mass is 10.1. The van der Waals surface area contributed by atoms with Crippen LogP contribution >= 0.6 is 0 Å². The van der Waals surface area contributed by atoms with Gasteiger partial charge >= 0.3 is 0 Å². The van der Waals surface area contributed by atoms with Gasteiger partial charge in [-0.15, -0.1) is 0 Å². The topological polar surface area (TPSA) is 47.0 Å². The second kappa shape index (κ2) is 5.40. The van der Waals surface area contributed by atoms with Crippen molar-refractivity contribution in [3.8, 4) is 11.6 Å². The van der Waals surface area contributed by atoms with Crippen LogP contribution in [0.1, 0.15) is 11.1 Å². The predicted molar refractivity (Wildman–Crippen MR) is 85.1 cm³/mol. The van der Waals surface area contributed by atoms with Crippen molar-refractivity contribution in [3.63, 3.8) is 0 Å². The summed E-state index contributed by atoms with van der Waals surface area (Å²) in [6.45, 7) is 4.07. The summed E-state index contributed by atoms with van der Waals surface area (Å²) < 4.78 is 6.05. The van der Waals surface area contributed by atoms with Crippen LogP contribution in [0.15, 0.2) is 42.5 Å².